The maximum absolute atomic E-state index is 13.2. The van der Waals surface area contributed by atoms with E-state index in [1.54, 1.807) is 31.1 Å². The lowest BCUT2D eigenvalue weighted by Gasteiger charge is -2.16. The fourth-order valence-corrected chi connectivity index (χ4v) is 1.15. The van der Waals surface area contributed by atoms with Gasteiger partial charge in [0.15, 0.2) is 0 Å². The first-order chi connectivity index (χ1) is 6.04. The number of nitrogens with zero attached hydrogens (tertiary/aromatic N) is 1. The predicted octanol–water partition coefficient (Wildman–Crippen LogP) is 1.18. The summed E-state index contributed by atoms with van der Waals surface area (Å²) in [6, 6.07) is 4.61. The third-order valence-corrected chi connectivity index (χ3v) is 1.74. The van der Waals surface area contributed by atoms with E-state index in [2.05, 4.69) is 0 Å². The van der Waals surface area contributed by atoms with Gasteiger partial charge in [-0.3, -0.25) is 5.41 Å². The molecule has 3 N–H and O–H groups in total. The van der Waals surface area contributed by atoms with Crippen molar-refractivity contribution in [2.24, 2.45) is 5.73 Å². The smallest absolute Gasteiger partial charge is 0.136 e. The van der Waals surface area contributed by atoms with Crippen LogP contribution in [0.5, 0.6) is 0 Å². The lowest BCUT2D eigenvalue weighted by atomic mass is 10.1. The summed E-state index contributed by atoms with van der Waals surface area (Å²) in [5.41, 5.74) is 6.05. The SMILES string of the molecule is CN(C)c1cccc(F)c1C(=N)N. The summed E-state index contributed by atoms with van der Waals surface area (Å²) in [4.78, 5) is 1.72. The molecule has 0 aliphatic carbocycles. The van der Waals surface area contributed by atoms with Gasteiger partial charge in [0.1, 0.15) is 11.7 Å². The fourth-order valence-electron chi connectivity index (χ4n) is 1.15. The second kappa shape index (κ2) is 3.43. The maximum atomic E-state index is 13.2. The number of nitrogen functional groups attached to an aromatic ring is 1. The van der Waals surface area contributed by atoms with E-state index in [4.69, 9.17) is 11.1 Å². The summed E-state index contributed by atoms with van der Waals surface area (Å²) in [5.74, 6) is -0.708. The number of anilines is 1. The Morgan fingerprint density at radius 2 is 2.08 bits per heavy atom. The van der Waals surface area contributed by atoms with Crippen LogP contribution in [0, 0.1) is 11.2 Å². The Morgan fingerprint density at radius 3 is 2.46 bits per heavy atom. The Balaban J connectivity index is 3.34. The molecule has 0 saturated carbocycles. The molecule has 4 heteroatoms. The molecule has 0 aliphatic heterocycles. The first-order valence-electron chi connectivity index (χ1n) is 3.84. The molecule has 1 rings (SSSR count). The molecule has 70 valence electrons. The fraction of sp³-hybridized carbons (Fsp3) is 0.222. The number of nitrogens with one attached hydrogen (secondary N) is 1. The van der Waals surface area contributed by atoms with Crippen LogP contribution in [0.4, 0.5) is 10.1 Å². The quantitative estimate of drug-likeness (QED) is 0.531. The van der Waals surface area contributed by atoms with Crippen molar-refractivity contribution < 1.29 is 4.39 Å². The van der Waals surface area contributed by atoms with Gasteiger partial charge in [-0.1, -0.05) is 6.07 Å². The van der Waals surface area contributed by atoms with Crippen molar-refractivity contribution in [1.29, 1.82) is 5.41 Å². The minimum atomic E-state index is -0.460. The monoisotopic (exact) mass is 181 g/mol. The van der Waals surface area contributed by atoms with Crippen molar-refractivity contribution in [2.45, 2.75) is 0 Å². The topological polar surface area (TPSA) is 53.1 Å². The molecular weight excluding hydrogens is 169 g/mol. The molecule has 0 saturated heterocycles. The van der Waals surface area contributed by atoms with Crippen LogP contribution in [0.3, 0.4) is 0 Å². The van der Waals surface area contributed by atoms with Crippen molar-refractivity contribution >= 4 is 11.5 Å². The minimum absolute atomic E-state index is 0.160. The summed E-state index contributed by atoms with van der Waals surface area (Å²) in [6.07, 6.45) is 0. The van der Waals surface area contributed by atoms with E-state index in [-0.39, 0.29) is 11.4 Å². The molecule has 0 amide bonds. The van der Waals surface area contributed by atoms with Gasteiger partial charge in [0.05, 0.1) is 11.3 Å². The van der Waals surface area contributed by atoms with Gasteiger partial charge >= 0.3 is 0 Å². The zero-order valence-electron chi connectivity index (χ0n) is 7.63. The molecular formula is C9H12FN3. The number of halogens is 1. The van der Waals surface area contributed by atoms with Gasteiger partial charge < -0.3 is 10.6 Å². The molecule has 0 aromatic heterocycles. The van der Waals surface area contributed by atoms with E-state index in [1.807, 2.05) is 0 Å². The Bertz CT molecular complexity index is 334. The molecule has 13 heavy (non-hydrogen) atoms. The van der Waals surface area contributed by atoms with Gasteiger partial charge in [-0.2, -0.15) is 0 Å². The van der Waals surface area contributed by atoms with Gasteiger partial charge in [-0.25, -0.2) is 4.39 Å². The number of benzene rings is 1. The molecule has 0 atom stereocenters. The van der Waals surface area contributed by atoms with Crippen LogP contribution < -0.4 is 10.6 Å². The van der Waals surface area contributed by atoms with Crippen LogP contribution in [0.15, 0.2) is 18.2 Å². The third-order valence-electron chi connectivity index (χ3n) is 1.74. The van der Waals surface area contributed by atoms with Crippen molar-refractivity contribution in [2.75, 3.05) is 19.0 Å². The van der Waals surface area contributed by atoms with Gasteiger partial charge in [0, 0.05) is 14.1 Å². The average Bonchev–Trinajstić information content (AvgIpc) is 2.02. The molecule has 0 aliphatic rings. The van der Waals surface area contributed by atoms with E-state index in [1.165, 1.54) is 6.07 Å². The minimum Gasteiger partial charge on any atom is -0.384 e. The van der Waals surface area contributed by atoms with Crippen LogP contribution in [-0.4, -0.2) is 19.9 Å². The van der Waals surface area contributed by atoms with E-state index in [0.717, 1.165) is 0 Å². The second-order valence-corrected chi connectivity index (χ2v) is 2.94. The number of hydrogen-bond donors (Lipinski definition) is 2. The summed E-state index contributed by atoms with van der Waals surface area (Å²) < 4.78 is 13.2. The van der Waals surface area contributed by atoms with Crippen molar-refractivity contribution in [3.8, 4) is 0 Å². The zero-order chi connectivity index (χ0) is 10.0. The molecule has 1 aromatic carbocycles. The van der Waals surface area contributed by atoms with E-state index in [9.17, 15) is 4.39 Å². The highest BCUT2D eigenvalue weighted by atomic mass is 19.1. The zero-order valence-corrected chi connectivity index (χ0v) is 7.63. The second-order valence-electron chi connectivity index (χ2n) is 2.94. The number of hydrogen-bond acceptors (Lipinski definition) is 2. The van der Waals surface area contributed by atoms with Gasteiger partial charge in [-0.05, 0) is 12.1 Å². The molecule has 0 bridgehead atoms. The number of rotatable bonds is 2. The number of amidine groups is 1. The standard InChI is InChI=1S/C9H12FN3/c1-13(2)7-5-3-4-6(10)8(7)9(11)12/h3-5H,1-2H3,(H3,11,12). The third kappa shape index (κ3) is 1.77. The molecule has 1 aromatic rings. The normalized spacial score (nSPS) is 9.77. The van der Waals surface area contributed by atoms with Crippen molar-refractivity contribution in [3.05, 3.63) is 29.6 Å². The van der Waals surface area contributed by atoms with Crippen LogP contribution in [0.25, 0.3) is 0 Å². The Kier molecular flexibility index (Phi) is 2.51. The van der Waals surface area contributed by atoms with Gasteiger partial charge in [0.25, 0.3) is 0 Å². The van der Waals surface area contributed by atoms with Crippen molar-refractivity contribution in [1.82, 2.24) is 0 Å². The molecule has 0 heterocycles. The summed E-state index contributed by atoms with van der Waals surface area (Å²) in [5, 5.41) is 7.22. The molecule has 0 fully saturated rings. The van der Waals surface area contributed by atoms with Gasteiger partial charge in [-0.15, -0.1) is 0 Å². The van der Waals surface area contributed by atoms with Crippen LogP contribution >= 0.6 is 0 Å². The Hall–Kier alpha value is -1.58. The lowest BCUT2D eigenvalue weighted by Crippen LogP contribution is -2.20. The van der Waals surface area contributed by atoms with E-state index in [0.29, 0.717) is 5.69 Å². The van der Waals surface area contributed by atoms with Gasteiger partial charge in [0.2, 0.25) is 0 Å². The van der Waals surface area contributed by atoms with Crippen molar-refractivity contribution in [3.63, 3.8) is 0 Å². The highest BCUT2D eigenvalue weighted by Crippen LogP contribution is 2.20. The maximum Gasteiger partial charge on any atom is 0.136 e. The predicted molar refractivity (Wildman–Crippen MR) is 51.7 cm³/mol. The Morgan fingerprint density at radius 1 is 1.46 bits per heavy atom. The molecule has 0 spiro atoms. The summed E-state index contributed by atoms with van der Waals surface area (Å²) in [7, 11) is 3.56. The summed E-state index contributed by atoms with van der Waals surface area (Å²) >= 11 is 0. The average molecular weight is 181 g/mol. The molecule has 0 radical (unpaired) electrons. The van der Waals surface area contributed by atoms with Crippen LogP contribution in [0.1, 0.15) is 5.56 Å². The van der Waals surface area contributed by atoms with E-state index < -0.39 is 5.82 Å². The molecule has 0 unspecified atom stereocenters. The highest BCUT2D eigenvalue weighted by molar-refractivity contribution is 6.00. The first-order valence-corrected chi connectivity index (χ1v) is 3.84. The molecule has 3 nitrogen and oxygen atoms in total. The largest absolute Gasteiger partial charge is 0.384 e. The van der Waals surface area contributed by atoms with E-state index >= 15 is 0 Å². The lowest BCUT2D eigenvalue weighted by molar-refractivity contribution is 0.624. The highest BCUT2D eigenvalue weighted by Gasteiger charge is 2.11. The first kappa shape index (κ1) is 9.51. The summed E-state index contributed by atoms with van der Waals surface area (Å²) in [6.45, 7) is 0. The van der Waals surface area contributed by atoms with Crippen LogP contribution in [-0.2, 0) is 0 Å². The number of nitrogens with two attached hydrogens (primary N) is 1. The Labute approximate surface area is 76.5 Å². The van der Waals surface area contributed by atoms with Crippen LogP contribution in [0.2, 0.25) is 0 Å².